The number of aliphatic hydroxyl groups excluding tert-OH is 1. The van der Waals surface area contributed by atoms with Crippen LogP contribution in [0.4, 0.5) is 10.5 Å². The predicted molar refractivity (Wildman–Crippen MR) is 124 cm³/mol. The Bertz CT molecular complexity index is 921. The first-order valence-electron chi connectivity index (χ1n) is 10.9. The van der Waals surface area contributed by atoms with Gasteiger partial charge in [0.15, 0.2) is 0 Å². The third kappa shape index (κ3) is 7.10. The van der Waals surface area contributed by atoms with Crippen molar-refractivity contribution in [3.8, 4) is 11.5 Å². The number of nitrogens with zero attached hydrogens (tertiary/aromatic N) is 1. The fourth-order valence-electron chi connectivity index (χ4n) is 3.57. The first-order chi connectivity index (χ1) is 16.0. The van der Waals surface area contributed by atoms with Crippen molar-refractivity contribution in [3.63, 3.8) is 0 Å². The second-order valence-electron chi connectivity index (χ2n) is 7.76. The summed E-state index contributed by atoms with van der Waals surface area (Å²) >= 11 is 0. The van der Waals surface area contributed by atoms with Gasteiger partial charge in [-0.15, -0.1) is 0 Å². The van der Waals surface area contributed by atoms with Crippen LogP contribution in [-0.2, 0) is 4.74 Å². The monoisotopic (exact) mass is 457 g/mol. The maximum atomic E-state index is 12.8. The first kappa shape index (κ1) is 24.3. The molecule has 2 aromatic carbocycles. The number of rotatable bonds is 8. The minimum Gasteiger partial charge on any atom is -0.497 e. The number of amides is 3. The van der Waals surface area contributed by atoms with E-state index in [4.69, 9.17) is 14.2 Å². The van der Waals surface area contributed by atoms with Crippen molar-refractivity contribution < 1.29 is 28.9 Å². The van der Waals surface area contributed by atoms with E-state index in [-0.39, 0.29) is 18.5 Å². The van der Waals surface area contributed by atoms with Crippen molar-refractivity contribution >= 4 is 17.6 Å². The molecule has 0 unspecified atom stereocenters. The fourth-order valence-corrected chi connectivity index (χ4v) is 3.57. The van der Waals surface area contributed by atoms with E-state index in [0.29, 0.717) is 55.4 Å². The highest BCUT2D eigenvalue weighted by Crippen LogP contribution is 2.19. The van der Waals surface area contributed by atoms with Crippen LogP contribution >= 0.6 is 0 Å². The number of urea groups is 1. The van der Waals surface area contributed by atoms with E-state index in [0.717, 1.165) is 0 Å². The molecule has 1 saturated heterocycles. The van der Waals surface area contributed by atoms with Crippen LogP contribution in [0.1, 0.15) is 23.2 Å². The van der Waals surface area contributed by atoms with E-state index in [1.54, 1.807) is 67.7 Å². The van der Waals surface area contributed by atoms with E-state index < -0.39 is 12.1 Å². The Morgan fingerprint density at radius 2 is 1.88 bits per heavy atom. The number of ether oxygens (including phenoxy) is 3. The maximum absolute atomic E-state index is 12.8. The molecular formula is C24H31N3O6. The number of aliphatic hydroxyl groups is 1. The molecule has 1 aliphatic rings. The highest BCUT2D eigenvalue weighted by atomic mass is 16.5. The van der Waals surface area contributed by atoms with Crippen molar-refractivity contribution in [3.05, 3.63) is 54.1 Å². The van der Waals surface area contributed by atoms with Gasteiger partial charge in [0.1, 0.15) is 18.1 Å². The molecule has 1 heterocycles. The summed E-state index contributed by atoms with van der Waals surface area (Å²) in [5.74, 6) is 0.954. The lowest BCUT2D eigenvalue weighted by molar-refractivity contribution is 0.0811. The Morgan fingerprint density at radius 3 is 2.61 bits per heavy atom. The van der Waals surface area contributed by atoms with Gasteiger partial charge in [-0.2, -0.15) is 0 Å². The predicted octanol–water partition coefficient (Wildman–Crippen LogP) is 2.51. The highest BCUT2D eigenvalue weighted by molar-refractivity contribution is 5.94. The quantitative estimate of drug-likeness (QED) is 0.526. The highest BCUT2D eigenvalue weighted by Gasteiger charge is 2.29. The van der Waals surface area contributed by atoms with E-state index in [1.165, 1.54) is 0 Å². The van der Waals surface area contributed by atoms with Crippen LogP contribution in [0.15, 0.2) is 48.5 Å². The Balaban J connectivity index is 1.60. The zero-order valence-electron chi connectivity index (χ0n) is 19.0. The van der Waals surface area contributed by atoms with Crippen molar-refractivity contribution in [1.82, 2.24) is 10.2 Å². The number of nitrogens with one attached hydrogen (secondary N) is 2. The molecule has 0 bridgehead atoms. The van der Waals surface area contributed by atoms with Gasteiger partial charge in [0.2, 0.25) is 0 Å². The number of hydrogen-bond acceptors (Lipinski definition) is 6. The van der Waals surface area contributed by atoms with Crippen LogP contribution in [0, 0.1) is 0 Å². The van der Waals surface area contributed by atoms with E-state index in [2.05, 4.69) is 10.6 Å². The Kier molecular flexibility index (Phi) is 8.91. The topological polar surface area (TPSA) is 109 Å². The van der Waals surface area contributed by atoms with Crippen LogP contribution in [0.3, 0.4) is 0 Å². The first-order valence-corrected chi connectivity index (χ1v) is 10.9. The third-order valence-electron chi connectivity index (χ3n) is 5.41. The molecule has 1 aliphatic heterocycles. The Hall–Kier alpha value is -3.30. The summed E-state index contributed by atoms with van der Waals surface area (Å²) in [6.45, 7) is 1.57. The number of benzene rings is 2. The lowest BCUT2D eigenvalue weighted by Crippen LogP contribution is -2.50. The third-order valence-corrected chi connectivity index (χ3v) is 5.41. The van der Waals surface area contributed by atoms with E-state index >= 15 is 0 Å². The van der Waals surface area contributed by atoms with Crippen LogP contribution in [0.2, 0.25) is 0 Å². The lowest BCUT2D eigenvalue weighted by Gasteiger charge is -2.27. The molecule has 178 valence electrons. The molecule has 0 aromatic heterocycles. The average molecular weight is 458 g/mol. The minimum absolute atomic E-state index is 0.195. The number of carbonyl (C=O) groups excluding carboxylic acids is 2. The van der Waals surface area contributed by atoms with Gasteiger partial charge in [-0.05, 0) is 49.2 Å². The fraction of sp³-hybridized carbons (Fsp3) is 0.417. The average Bonchev–Trinajstić information content (AvgIpc) is 3.01. The SMILES string of the molecule is COCCOc1ccc(C(=O)N[C@@H]2CN(C(=O)Nc3cccc(OC)c3)CCC[C@H]2O)cc1. The van der Waals surface area contributed by atoms with E-state index in [9.17, 15) is 14.7 Å². The zero-order valence-corrected chi connectivity index (χ0v) is 19.0. The van der Waals surface area contributed by atoms with Crippen molar-refractivity contribution in [1.29, 1.82) is 0 Å². The molecule has 3 rings (SSSR count). The lowest BCUT2D eigenvalue weighted by atomic mass is 10.1. The number of hydrogen-bond donors (Lipinski definition) is 3. The minimum atomic E-state index is -0.750. The summed E-state index contributed by atoms with van der Waals surface area (Å²) in [6, 6.07) is 12.9. The number of methoxy groups -OCH3 is 2. The van der Waals surface area contributed by atoms with Gasteiger partial charge in [-0.1, -0.05) is 6.07 Å². The number of carbonyl (C=O) groups is 2. The van der Waals surface area contributed by atoms with Crippen LogP contribution < -0.4 is 20.1 Å². The smallest absolute Gasteiger partial charge is 0.321 e. The van der Waals surface area contributed by atoms with E-state index in [1.807, 2.05) is 0 Å². The van der Waals surface area contributed by atoms with Gasteiger partial charge in [-0.3, -0.25) is 4.79 Å². The molecule has 33 heavy (non-hydrogen) atoms. The van der Waals surface area contributed by atoms with Crippen molar-refractivity contribution in [2.45, 2.75) is 25.0 Å². The summed E-state index contributed by atoms with van der Waals surface area (Å²) in [5.41, 5.74) is 1.05. The van der Waals surface area contributed by atoms with Crippen LogP contribution in [0.25, 0.3) is 0 Å². The molecule has 0 radical (unpaired) electrons. The molecule has 9 heteroatoms. The molecule has 3 N–H and O–H groups in total. The van der Waals surface area contributed by atoms with Crippen molar-refractivity contribution in [2.75, 3.05) is 45.8 Å². The molecule has 3 amide bonds. The molecule has 9 nitrogen and oxygen atoms in total. The Labute approximate surface area is 193 Å². The molecule has 2 atom stereocenters. The maximum Gasteiger partial charge on any atom is 0.321 e. The second-order valence-corrected chi connectivity index (χ2v) is 7.76. The Morgan fingerprint density at radius 1 is 1.09 bits per heavy atom. The molecule has 0 aliphatic carbocycles. The van der Waals surface area contributed by atoms with Gasteiger partial charge in [-0.25, -0.2) is 4.79 Å². The van der Waals surface area contributed by atoms with Gasteiger partial charge < -0.3 is 34.9 Å². The van der Waals surface area contributed by atoms with Gasteiger partial charge >= 0.3 is 6.03 Å². The normalized spacial score (nSPS) is 18.2. The molecular weight excluding hydrogens is 426 g/mol. The summed E-state index contributed by atoms with van der Waals surface area (Å²) in [6.07, 6.45) is 0.368. The number of anilines is 1. The largest absolute Gasteiger partial charge is 0.497 e. The summed E-state index contributed by atoms with van der Waals surface area (Å²) < 4.78 is 15.7. The van der Waals surface area contributed by atoms with Crippen molar-refractivity contribution in [2.24, 2.45) is 0 Å². The molecule has 1 fully saturated rings. The summed E-state index contributed by atoms with van der Waals surface area (Å²) in [4.78, 5) is 27.2. The van der Waals surface area contributed by atoms with Gasteiger partial charge in [0, 0.05) is 37.5 Å². The summed E-state index contributed by atoms with van der Waals surface area (Å²) in [7, 11) is 3.16. The second kappa shape index (κ2) is 12.1. The number of likely N-dealkylation sites (tertiary alicyclic amines) is 1. The summed E-state index contributed by atoms with van der Waals surface area (Å²) in [5, 5.41) is 16.3. The molecule has 0 spiro atoms. The van der Waals surface area contributed by atoms with Gasteiger partial charge in [0.25, 0.3) is 5.91 Å². The van der Waals surface area contributed by atoms with Gasteiger partial charge in [0.05, 0.1) is 25.9 Å². The standard InChI is InChI=1S/C24H31N3O6/c1-31-13-14-33-19-10-8-17(9-11-19)23(29)26-21-16-27(12-4-7-22(21)28)24(30)25-18-5-3-6-20(15-18)32-2/h3,5-6,8-11,15,21-22,28H,4,7,12-14,16H2,1-2H3,(H,25,30)(H,26,29)/t21-,22-/m1/s1. The zero-order chi connectivity index (χ0) is 23.6. The molecule has 2 aromatic rings. The van der Waals surface area contributed by atoms with Crippen LogP contribution in [0.5, 0.6) is 11.5 Å². The molecule has 0 saturated carbocycles. The van der Waals surface area contributed by atoms with Crippen LogP contribution in [-0.4, -0.2) is 74.6 Å².